The fraction of sp³-hybridized carbons (Fsp3) is 0.350. The van der Waals surface area contributed by atoms with Gasteiger partial charge in [-0.3, -0.25) is 19.4 Å². The number of pyridine rings is 1. The number of rotatable bonds is 7. The van der Waals surface area contributed by atoms with Crippen LogP contribution >= 0.6 is 0 Å². The van der Waals surface area contributed by atoms with Gasteiger partial charge in [0.2, 0.25) is 0 Å². The Morgan fingerprint density at radius 1 is 0.688 bits per heavy atom. The molecular weight excluding hydrogens is 598 g/mol. The number of amides is 3. The van der Waals surface area contributed by atoms with Crippen molar-refractivity contribution in [3.63, 3.8) is 0 Å². The predicted molar refractivity (Wildman–Crippen MR) is 189 cm³/mol. The van der Waals surface area contributed by atoms with Gasteiger partial charge in [0.1, 0.15) is 0 Å². The van der Waals surface area contributed by atoms with Crippen molar-refractivity contribution in [2.45, 2.75) is 63.8 Å². The van der Waals surface area contributed by atoms with Crippen LogP contribution in [0.4, 0.5) is 11.4 Å². The Hall–Kier alpha value is -4.98. The molecule has 0 spiro atoms. The van der Waals surface area contributed by atoms with Crippen molar-refractivity contribution in [3.8, 4) is 11.3 Å². The zero-order chi connectivity index (χ0) is 32.9. The summed E-state index contributed by atoms with van der Waals surface area (Å²) < 4.78 is 0. The standard InChI is InChI=1S/C40H43N5O3/c46-38(29-13-9-14-31(25-29)40(48)45-23-7-2-8-24-45)43-36-18-17-32(44-21-5-1-6-22-44)27-34(36)37-26-30(19-20-41-37)39(47)42-35-16-10-12-28-11-3-4-15-33(28)35/h3-4,9,11,13-15,17-20,25-27,35H,1-2,5-8,10,12,16,21-24H2,(H,42,47)(H,43,46). The van der Waals surface area contributed by atoms with Gasteiger partial charge in [-0.2, -0.15) is 0 Å². The SMILES string of the molecule is O=C(Nc1ccc(N2CCCCC2)cc1-c1cc(C(=O)NC2CCCc3ccccc32)ccn1)c1cccc(C(=O)N2CCCCC2)c1. The smallest absolute Gasteiger partial charge is 0.255 e. The molecule has 2 aliphatic heterocycles. The molecular formula is C40H43N5O3. The highest BCUT2D eigenvalue weighted by Crippen LogP contribution is 2.34. The van der Waals surface area contributed by atoms with Gasteiger partial charge in [-0.25, -0.2) is 0 Å². The van der Waals surface area contributed by atoms with Crippen LogP contribution in [0.15, 0.2) is 85.1 Å². The molecule has 2 N–H and O–H groups in total. The quantitative estimate of drug-likeness (QED) is 0.219. The van der Waals surface area contributed by atoms with E-state index < -0.39 is 0 Å². The van der Waals surface area contributed by atoms with E-state index in [0.717, 1.165) is 88.8 Å². The van der Waals surface area contributed by atoms with Crippen molar-refractivity contribution in [2.75, 3.05) is 36.4 Å². The molecule has 48 heavy (non-hydrogen) atoms. The predicted octanol–water partition coefficient (Wildman–Crippen LogP) is 7.42. The molecule has 3 aliphatic rings. The van der Waals surface area contributed by atoms with Gasteiger partial charge in [-0.15, -0.1) is 0 Å². The summed E-state index contributed by atoms with van der Waals surface area (Å²) in [6.07, 6.45) is 11.3. The number of carbonyl (C=O) groups excluding carboxylic acids is 3. The molecule has 0 bridgehead atoms. The summed E-state index contributed by atoms with van der Waals surface area (Å²) in [5.74, 6) is -0.486. The Kier molecular flexibility index (Phi) is 9.50. The summed E-state index contributed by atoms with van der Waals surface area (Å²) in [7, 11) is 0. The van der Waals surface area contributed by atoms with E-state index in [-0.39, 0.29) is 23.8 Å². The fourth-order valence-electron chi connectivity index (χ4n) is 7.33. The molecule has 0 radical (unpaired) electrons. The lowest BCUT2D eigenvalue weighted by Crippen LogP contribution is -2.35. The Labute approximate surface area is 282 Å². The van der Waals surface area contributed by atoms with Crippen LogP contribution in [-0.2, 0) is 6.42 Å². The number of hydrogen-bond donors (Lipinski definition) is 2. The topological polar surface area (TPSA) is 94.6 Å². The summed E-state index contributed by atoms with van der Waals surface area (Å²) >= 11 is 0. The third-order valence-electron chi connectivity index (χ3n) is 9.96. The zero-order valence-electron chi connectivity index (χ0n) is 27.4. The first-order valence-corrected chi connectivity index (χ1v) is 17.5. The van der Waals surface area contributed by atoms with E-state index >= 15 is 0 Å². The Morgan fingerprint density at radius 2 is 1.44 bits per heavy atom. The summed E-state index contributed by atoms with van der Waals surface area (Å²) in [6, 6.07) is 24.8. The number of carbonyl (C=O) groups is 3. The second kappa shape index (κ2) is 14.4. The minimum atomic E-state index is -0.305. The number of likely N-dealkylation sites (tertiary alicyclic amines) is 1. The van der Waals surface area contributed by atoms with Crippen LogP contribution < -0.4 is 15.5 Å². The first kappa shape index (κ1) is 31.6. The number of anilines is 2. The second-order valence-corrected chi connectivity index (χ2v) is 13.2. The average Bonchev–Trinajstić information content (AvgIpc) is 3.15. The molecule has 2 saturated heterocycles. The van der Waals surface area contributed by atoms with Crippen LogP contribution in [0.3, 0.4) is 0 Å². The number of fused-ring (bicyclic) bond motifs is 1. The molecule has 1 aliphatic carbocycles. The normalized spacial score (nSPS) is 17.7. The lowest BCUT2D eigenvalue weighted by Gasteiger charge is -2.29. The van der Waals surface area contributed by atoms with Crippen molar-refractivity contribution in [1.82, 2.24) is 15.2 Å². The van der Waals surface area contributed by atoms with Gasteiger partial charge >= 0.3 is 0 Å². The molecule has 1 atom stereocenters. The van der Waals surface area contributed by atoms with Crippen molar-refractivity contribution in [3.05, 3.63) is 113 Å². The fourth-order valence-corrected chi connectivity index (χ4v) is 7.33. The van der Waals surface area contributed by atoms with Gasteiger partial charge < -0.3 is 20.4 Å². The summed E-state index contributed by atoms with van der Waals surface area (Å²) in [6.45, 7) is 3.45. The number of nitrogens with one attached hydrogen (secondary N) is 2. The highest BCUT2D eigenvalue weighted by atomic mass is 16.2. The third kappa shape index (κ3) is 6.98. The van der Waals surface area contributed by atoms with Crippen LogP contribution in [0.2, 0.25) is 0 Å². The largest absolute Gasteiger partial charge is 0.372 e. The van der Waals surface area contributed by atoms with Crippen LogP contribution in [0, 0.1) is 0 Å². The Bertz CT molecular complexity index is 1810. The third-order valence-corrected chi connectivity index (χ3v) is 9.96. The molecule has 7 rings (SSSR count). The lowest BCUT2D eigenvalue weighted by atomic mass is 9.87. The van der Waals surface area contributed by atoms with E-state index in [1.165, 1.54) is 17.5 Å². The molecule has 1 unspecified atom stereocenters. The van der Waals surface area contributed by atoms with Gasteiger partial charge in [-0.1, -0.05) is 30.3 Å². The van der Waals surface area contributed by atoms with E-state index in [1.54, 1.807) is 36.5 Å². The van der Waals surface area contributed by atoms with Crippen LogP contribution in [-0.4, -0.2) is 53.8 Å². The first-order chi connectivity index (χ1) is 23.5. The maximum absolute atomic E-state index is 13.7. The van der Waals surface area contributed by atoms with Crippen molar-refractivity contribution in [1.29, 1.82) is 0 Å². The summed E-state index contributed by atoms with van der Waals surface area (Å²) in [5, 5.41) is 6.37. The number of aryl methyl sites for hydroxylation is 1. The molecule has 3 amide bonds. The van der Waals surface area contributed by atoms with E-state index in [9.17, 15) is 14.4 Å². The first-order valence-electron chi connectivity index (χ1n) is 17.5. The second-order valence-electron chi connectivity index (χ2n) is 13.2. The number of hydrogen-bond acceptors (Lipinski definition) is 5. The van der Waals surface area contributed by atoms with Crippen molar-refractivity contribution < 1.29 is 14.4 Å². The van der Waals surface area contributed by atoms with Gasteiger partial charge in [-0.05, 0) is 117 Å². The molecule has 2 fully saturated rings. The van der Waals surface area contributed by atoms with Gasteiger partial charge in [0.25, 0.3) is 17.7 Å². The van der Waals surface area contributed by atoms with Gasteiger partial charge in [0.15, 0.2) is 0 Å². The molecule has 246 valence electrons. The lowest BCUT2D eigenvalue weighted by molar-refractivity contribution is 0.0724. The molecule has 3 heterocycles. The van der Waals surface area contributed by atoms with E-state index in [2.05, 4.69) is 39.8 Å². The van der Waals surface area contributed by atoms with Crippen LogP contribution in [0.25, 0.3) is 11.3 Å². The Morgan fingerprint density at radius 3 is 2.27 bits per heavy atom. The Balaban J connectivity index is 1.16. The highest BCUT2D eigenvalue weighted by Gasteiger charge is 2.24. The number of benzene rings is 3. The average molecular weight is 642 g/mol. The molecule has 4 aromatic rings. The minimum Gasteiger partial charge on any atom is -0.372 e. The number of nitrogens with zero attached hydrogens (tertiary/aromatic N) is 3. The number of aromatic nitrogens is 1. The summed E-state index contributed by atoms with van der Waals surface area (Å²) in [5.41, 5.74) is 6.94. The van der Waals surface area contributed by atoms with Gasteiger partial charge in [0, 0.05) is 60.3 Å². The monoisotopic (exact) mass is 641 g/mol. The van der Waals surface area contributed by atoms with Crippen molar-refractivity contribution in [2.24, 2.45) is 0 Å². The van der Waals surface area contributed by atoms with Crippen LogP contribution in [0.1, 0.15) is 99.6 Å². The number of piperidine rings is 2. The maximum Gasteiger partial charge on any atom is 0.255 e. The zero-order valence-corrected chi connectivity index (χ0v) is 27.4. The molecule has 1 aromatic heterocycles. The molecule has 8 nitrogen and oxygen atoms in total. The molecule has 8 heteroatoms. The van der Waals surface area contributed by atoms with Crippen LogP contribution in [0.5, 0.6) is 0 Å². The molecule has 3 aromatic carbocycles. The summed E-state index contributed by atoms with van der Waals surface area (Å²) in [4.78, 5) is 49.4. The van der Waals surface area contributed by atoms with E-state index in [0.29, 0.717) is 28.1 Å². The van der Waals surface area contributed by atoms with Crippen molar-refractivity contribution >= 4 is 29.1 Å². The van der Waals surface area contributed by atoms with Gasteiger partial charge in [0.05, 0.1) is 17.4 Å². The minimum absolute atomic E-state index is 0.0334. The van der Waals surface area contributed by atoms with E-state index in [1.807, 2.05) is 29.2 Å². The van der Waals surface area contributed by atoms with E-state index in [4.69, 9.17) is 4.98 Å². The molecule has 0 saturated carbocycles. The maximum atomic E-state index is 13.7. The highest BCUT2D eigenvalue weighted by molar-refractivity contribution is 6.08.